The van der Waals surface area contributed by atoms with Gasteiger partial charge in [-0.25, -0.2) is 0 Å². The predicted octanol–water partition coefficient (Wildman–Crippen LogP) is 3.33. The Hall–Kier alpha value is -2.09. The van der Waals surface area contributed by atoms with E-state index in [9.17, 15) is 4.79 Å². The second-order valence-electron chi connectivity index (χ2n) is 4.72. The first kappa shape index (κ1) is 13.3. The van der Waals surface area contributed by atoms with E-state index in [1.54, 1.807) is 0 Å². The van der Waals surface area contributed by atoms with E-state index in [2.05, 4.69) is 24.3 Å². The van der Waals surface area contributed by atoms with Crippen LogP contribution in [0.15, 0.2) is 60.7 Å². The molecule has 0 aliphatic rings. The molecular weight excluding hydrogens is 234 g/mol. The van der Waals surface area contributed by atoms with Crippen LogP contribution in [-0.4, -0.2) is 5.91 Å². The zero-order valence-corrected chi connectivity index (χ0v) is 11.1. The highest BCUT2D eigenvalue weighted by Crippen LogP contribution is 2.33. The zero-order valence-electron chi connectivity index (χ0n) is 11.1. The van der Waals surface area contributed by atoms with Crippen LogP contribution in [0.2, 0.25) is 0 Å². The van der Waals surface area contributed by atoms with E-state index in [1.807, 2.05) is 43.3 Å². The summed E-state index contributed by atoms with van der Waals surface area (Å²) in [6.45, 7) is 2.01. The van der Waals surface area contributed by atoms with E-state index in [0.717, 1.165) is 17.5 Å². The number of amides is 1. The van der Waals surface area contributed by atoms with E-state index in [0.29, 0.717) is 0 Å². The first-order valence-corrected chi connectivity index (χ1v) is 6.63. The summed E-state index contributed by atoms with van der Waals surface area (Å²) in [4.78, 5) is 11.7. The molecule has 0 bridgehead atoms. The van der Waals surface area contributed by atoms with Gasteiger partial charge >= 0.3 is 0 Å². The van der Waals surface area contributed by atoms with Crippen molar-refractivity contribution in [3.63, 3.8) is 0 Å². The Bertz CT molecular complexity index is 482. The number of rotatable bonds is 5. The summed E-state index contributed by atoms with van der Waals surface area (Å²) in [5.41, 5.74) is 7.86. The molecule has 1 unspecified atom stereocenters. The summed E-state index contributed by atoms with van der Waals surface area (Å²) < 4.78 is 0. The van der Waals surface area contributed by atoms with Gasteiger partial charge in [-0.05, 0) is 17.5 Å². The van der Waals surface area contributed by atoms with Crippen molar-refractivity contribution in [2.75, 3.05) is 0 Å². The molecule has 0 radical (unpaired) electrons. The summed E-state index contributed by atoms with van der Waals surface area (Å²) in [6, 6.07) is 20.2. The third kappa shape index (κ3) is 3.02. The summed E-state index contributed by atoms with van der Waals surface area (Å²) in [7, 11) is 0. The largest absolute Gasteiger partial charge is 0.369 e. The summed E-state index contributed by atoms with van der Waals surface area (Å²) in [5, 5.41) is 0. The average molecular weight is 253 g/mol. The third-order valence-corrected chi connectivity index (χ3v) is 3.53. The van der Waals surface area contributed by atoms with E-state index in [-0.39, 0.29) is 17.7 Å². The molecule has 2 aromatic rings. The highest BCUT2D eigenvalue weighted by molar-refractivity contribution is 5.78. The molecule has 1 atom stereocenters. The molecular formula is C17H19NO. The van der Waals surface area contributed by atoms with Gasteiger partial charge in [0.15, 0.2) is 0 Å². The standard InChI is InChI=1S/C17H19NO/c1-2-15(17(18)19)16(13-9-5-3-6-10-13)14-11-7-4-8-12-14/h3-12,15-16H,2H2,1H3,(H2,18,19). The van der Waals surface area contributed by atoms with Crippen LogP contribution in [0.5, 0.6) is 0 Å². The lowest BCUT2D eigenvalue weighted by Crippen LogP contribution is -2.29. The van der Waals surface area contributed by atoms with Gasteiger partial charge in [-0.2, -0.15) is 0 Å². The number of hydrogen-bond donors (Lipinski definition) is 1. The fraction of sp³-hybridized carbons (Fsp3) is 0.235. The molecule has 2 nitrogen and oxygen atoms in total. The Morgan fingerprint density at radius 1 is 0.947 bits per heavy atom. The maximum Gasteiger partial charge on any atom is 0.221 e. The van der Waals surface area contributed by atoms with Crippen LogP contribution < -0.4 is 5.73 Å². The van der Waals surface area contributed by atoms with Gasteiger partial charge in [0.25, 0.3) is 0 Å². The first-order chi connectivity index (χ1) is 9.24. The molecule has 0 heterocycles. The van der Waals surface area contributed by atoms with Gasteiger partial charge in [-0.3, -0.25) is 4.79 Å². The fourth-order valence-corrected chi connectivity index (χ4v) is 2.58. The SMILES string of the molecule is CCC(C(N)=O)C(c1ccccc1)c1ccccc1. The maximum absolute atomic E-state index is 11.7. The minimum atomic E-state index is -0.236. The number of carbonyl (C=O) groups excluding carboxylic acids is 1. The van der Waals surface area contributed by atoms with Crippen molar-refractivity contribution in [2.45, 2.75) is 19.3 Å². The minimum Gasteiger partial charge on any atom is -0.369 e. The highest BCUT2D eigenvalue weighted by Gasteiger charge is 2.27. The molecule has 2 N–H and O–H groups in total. The normalized spacial score (nSPS) is 12.3. The molecule has 0 aromatic heterocycles. The van der Waals surface area contributed by atoms with Crippen molar-refractivity contribution in [1.29, 1.82) is 0 Å². The molecule has 0 fully saturated rings. The molecule has 0 aliphatic carbocycles. The van der Waals surface area contributed by atoms with Gasteiger partial charge in [0.2, 0.25) is 5.91 Å². The third-order valence-electron chi connectivity index (χ3n) is 3.53. The molecule has 19 heavy (non-hydrogen) atoms. The lowest BCUT2D eigenvalue weighted by Gasteiger charge is -2.24. The molecule has 0 saturated carbocycles. The van der Waals surface area contributed by atoms with Crippen molar-refractivity contribution in [3.05, 3.63) is 71.8 Å². The molecule has 0 spiro atoms. The number of carbonyl (C=O) groups is 1. The van der Waals surface area contributed by atoms with Crippen LogP contribution in [0.4, 0.5) is 0 Å². The van der Waals surface area contributed by atoms with Gasteiger partial charge in [-0.15, -0.1) is 0 Å². The Kier molecular flexibility index (Phi) is 4.35. The number of primary amides is 1. The molecule has 2 aromatic carbocycles. The van der Waals surface area contributed by atoms with E-state index in [1.165, 1.54) is 0 Å². The molecule has 0 saturated heterocycles. The minimum absolute atomic E-state index is 0.0323. The van der Waals surface area contributed by atoms with Crippen molar-refractivity contribution in [2.24, 2.45) is 11.7 Å². The topological polar surface area (TPSA) is 43.1 Å². The van der Waals surface area contributed by atoms with Crippen molar-refractivity contribution < 1.29 is 4.79 Å². The lowest BCUT2D eigenvalue weighted by molar-refractivity contribution is -0.122. The Labute approximate surface area is 114 Å². The van der Waals surface area contributed by atoms with Crippen LogP contribution in [0.3, 0.4) is 0 Å². The van der Waals surface area contributed by atoms with Crippen LogP contribution in [0, 0.1) is 5.92 Å². The monoisotopic (exact) mass is 253 g/mol. The maximum atomic E-state index is 11.7. The van der Waals surface area contributed by atoms with Crippen LogP contribution in [-0.2, 0) is 4.79 Å². The summed E-state index contributed by atoms with van der Waals surface area (Å²) in [6.07, 6.45) is 0.740. The molecule has 2 rings (SSSR count). The summed E-state index contributed by atoms with van der Waals surface area (Å²) in [5.74, 6) is -0.380. The van der Waals surface area contributed by atoms with Crippen LogP contribution >= 0.6 is 0 Å². The highest BCUT2D eigenvalue weighted by atomic mass is 16.1. The average Bonchev–Trinajstić information content (AvgIpc) is 2.46. The van der Waals surface area contributed by atoms with Gasteiger partial charge in [0.05, 0.1) is 0 Å². The molecule has 2 heteroatoms. The summed E-state index contributed by atoms with van der Waals surface area (Å²) >= 11 is 0. The smallest absolute Gasteiger partial charge is 0.221 e. The van der Waals surface area contributed by atoms with E-state index in [4.69, 9.17) is 5.73 Å². The second kappa shape index (κ2) is 6.19. The fourth-order valence-electron chi connectivity index (χ4n) is 2.58. The van der Waals surface area contributed by atoms with Gasteiger partial charge < -0.3 is 5.73 Å². The molecule has 0 aliphatic heterocycles. The van der Waals surface area contributed by atoms with Gasteiger partial charge in [-0.1, -0.05) is 67.6 Å². The number of hydrogen-bond acceptors (Lipinski definition) is 1. The zero-order chi connectivity index (χ0) is 13.7. The van der Waals surface area contributed by atoms with Crippen molar-refractivity contribution in [1.82, 2.24) is 0 Å². The Balaban J connectivity index is 2.48. The molecule has 1 amide bonds. The van der Waals surface area contributed by atoms with Crippen molar-refractivity contribution in [3.8, 4) is 0 Å². The van der Waals surface area contributed by atoms with E-state index < -0.39 is 0 Å². The van der Waals surface area contributed by atoms with Crippen LogP contribution in [0.1, 0.15) is 30.4 Å². The van der Waals surface area contributed by atoms with Crippen molar-refractivity contribution >= 4 is 5.91 Å². The number of nitrogens with two attached hydrogens (primary N) is 1. The first-order valence-electron chi connectivity index (χ1n) is 6.63. The Morgan fingerprint density at radius 3 is 1.68 bits per heavy atom. The van der Waals surface area contributed by atoms with Gasteiger partial charge in [0, 0.05) is 11.8 Å². The second-order valence-corrected chi connectivity index (χ2v) is 4.72. The Morgan fingerprint density at radius 2 is 1.37 bits per heavy atom. The lowest BCUT2D eigenvalue weighted by atomic mass is 9.79. The quantitative estimate of drug-likeness (QED) is 0.872. The molecule has 98 valence electrons. The number of benzene rings is 2. The van der Waals surface area contributed by atoms with Crippen LogP contribution in [0.25, 0.3) is 0 Å². The van der Waals surface area contributed by atoms with E-state index >= 15 is 0 Å². The van der Waals surface area contributed by atoms with Gasteiger partial charge in [0.1, 0.15) is 0 Å². The predicted molar refractivity (Wildman–Crippen MR) is 77.7 cm³/mol.